The number of halogens is 1. The molecule has 1 aliphatic rings. The molecule has 88 valence electrons. The Morgan fingerprint density at radius 3 is 3.12 bits per heavy atom. The smallest absolute Gasteiger partial charge is 0.267 e. The van der Waals surface area contributed by atoms with E-state index in [1.807, 2.05) is 0 Å². The van der Waals surface area contributed by atoms with E-state index in [-0.39, 0.29) is 5.56 Å². The second-order valence-corrected chi connectivity index (χ2v) is 5.05. The summed E-state index contributed by atoms with van der Waals surface area (Å²) in [6.07, 6.45) is 6.34. The third-order valence-electron chi connectivity index (χ3n) is 3.10. The summed E-state index contributed by atoms with van der Waals surface area (Å²) in [4.78, 5) is 20.6. The highest BCUT2D eigenvalue weighted by molar-refractivity contribution is 9.10. The van der Waals surface area contributed by atoms with Gasteiger partial charge in [-0.2, -0.15) is 0 Å². The van der Waals surface area contributed by atoms with Crippen molar-refractivity contribution >= 4 is 21.7 Å². The summed E-state index contributed by atoms with van der Waals surface area (Å²) >= 11 is 3.32. The van der Waals surface area contributed by atoms with Crippen molar-refractivity contribution in [1.29, 1.82) is 0 Å². The lowest BCUT2D eigenvalue weighted by Gasteiger charge is -2.28. The van der Waals surface area contributed by atoms with Crippen molar-refractivity contribution in [3.8, 4) is 0 Å². The van der Waals surface area contributed by atoms with Crippen molar-refractivity contribution in [1.82, 2.24) is 9.97 Å². The van der Waals surface area contributed by atoms with Crippen LogP contribution in [0.15, 0.2) is 15.6 Å². The van der Waals surface area contributed by atoms with E-state index in [1.165, 1.54) is 32.0 Å². The number of nitrogens with one attached hydrogen (secondary N) is 1. The fraction of sp³-hybridized carbons (Fsp3) is 0.636. The first kappa shape index (κ1) is 11.6. The Bertz CT molecular complexity index is 418. The standard InChI is InChI=1S/C11H16BrN3O/c1-8-5-3-2-4-6-15(8)10-9(12)11(16)14-7-13-10/h7-8H,2-6H2,1H3,(H,13,14,16). The summed E-state index contributed by atoms with van der Waals surface area (Å²) in [5.41, 5.74) is -0.110. The summed E-state index contributed by atoms with van der Waals surface area (Å²) in [6, 6.07) is 0.452. The molecule has 1 saturated heterocycles. The van der Waals surface area contributed by atoms with Gasteiger partial charge in [0.05, 0.1) is 6.33 Å². The Morgan fingerprint density at radius 1 is 1.50 bits per heavy atom. The first-order valence-corrected chi connectivity index (χ1v) is 6.49. The summed E-state index contributed by atoms with van der Waals surface area (Å²) in [5, 5.41) is 0. The van der Waals surface area contributed by atoms with Gasteiger partial charge >= 0.3 is 0 Å². The largest absolute Gasteiger partial charge is 0.353 e. The van der Waals surface area contributed by atoms with Gasteiger partial charge in [0.1, 0.15) is 4.47 Å². The third-order valence-corrected chi connectivity index (χ3v) is 3.82. The molecule has 0 aliphatic carbocycles. The molecular formula is C11H16BrN3O. The maximum Gasteiger partial charge on any atom is 0.267 e. The van der Waals surface area contributed by atoms with Gasteiger partial charge in [0.15, 0.2) is 5.82 Å². The van der Waals surface area contributed by atoms with Crippen molar-refractivity contribution in [3.63, 3.8) is 0 Å². The maximum atomic E-state index is 11.5. The monoisotopic (exact) mass is 285 g/mol. The van der Waals surface area contributed by atoms with E-state index < -0.39 is 0 Å². The Kier molecular flexibility index (Phi) is 3.63. The number of rotatable bonds is 1. The van der Waals surface area contributed by atoms with Gasteiger partial charge in [0.25, 0.3) is 5.56 Å². The number of hydrogen-bond donors (Lipinski definition) is 1. The second kappa shape index (κ2) is 4.99. The second-order valence-electron chi connectivity index (χ2n) is 4.26. The van der Waals surface area contributed by atoms with Crippen LogP contribution < -0.4 is 10.5 Å². The van der Waals surface area contributed by atoms with Crippen LogP contribution in [0.25, 0.3) is 0 Å². The van der Waals surface area contributed by atoms with Crippen LogP contribution in [0.3, 0.4) is 0 Å². The van der Waals surface area contributed by atoms with Crippen LogP contribution in [0.4, 0.5) is 5.82 Å². The van der Waals surface area contributed by atoms with Crippen LogP contribution in [-0.4, -0.2) is 22.6 Å². The molecule has 1 unspecified atom stereocenters. The van der Waals surface area contributed by atoms with Crippen LogP contribution in [0.5, 0.6) is 0 Å². The molecule has 2 rings (SSSR count). The van der Waals surface area contributed by atoms with E-state index in [4.69, 9.17) is 0 Å². The molecule has 1 N–H and O–H groups in total. The van der Waals surface area contributed by atoms with Crippen molar-refractivity contribution in [2.24, 2.45) is 0 Å². The highest BCUT2D eigenvalue weighted by Crippen LogP contribution is 2.25. The molecule has 0 saturated carbocycles. The molecule has 0 aromatic carbocycles. The Hall–Kier alpha value is -0.840. The fourth-order valence-corrected chi connectivity index (χ4v) is 2.61. The van der Waals surface area contributed by atoms with Gasteiger partial charge in [-0.05, 0) is 35.7 Å². The van der Waals surface area contributed by atoms with Gasteiger partial charge in [-0.3, -0.25) is 4.79 Å². The van der Waals surface area contributed by atoms with E-state index in [0.717, 1.165) is 12.4 Å². The first-order valence-electron chi connectivity index (χ1n) is 5.70. The molecule has 2 heterocycles. The fourth-order valence-electron chi connectivity index (χ4n) is 2.16. The van der Waals surface area contributed by atoms with Crippen LogP contribution in [-0.2, 0) is 0 Å². The number of anilines is 1. The van der Waals surface area contributed by atoms with Gasteiger partial charge in [0, 0.05) is 12.6 Å². The maximum absolute atomic E-state index is 11.5. The predicted octanol–water partition coefficient (Wildman–Crippen LogP) is 2.30. The Morgan fingerprint density at radius 2 is 2.31 bits per heavy atom. The zero-order valence-corrected chi connectivity index (χ0v) is 11.0. The van der Waals surface area contributed by atoms with Gasteiger partial charge < -0.3 is 9.88 Å². The molecule has 1 atom stereocenters. The quantitative estimate of drug-likeness (QED) is 0.861. The minimum Gasteiger partial charge on any atom is -0.353 e. The van der Waals surface area contributed by atoms with Gasteiger partial charge in [-0.25, -0.2) is 4.98 Å². The van der Waals surface area contributed by atoms with Gasteiger partial charge in [-0.1, -0.05) is 12.8 Å². The van der Waals surface area contributed by atoms with Crippen molar-refractivity contribution < 1.29 is 0 Å². The van der Waals surface area contributed by atoms with Crippen LogP contribution in [0.1, 0.15) is 32.6 Å². The van der Waals surface area contributed by atoms with Crippen LogP contribution in [0.2, 0.25) is 0 Å². The summed E-state index contributed by atoms with van der Waals surface area (Å²) < 4.78 is 0.545. The molecule has 0 bridgehead atoms. The van der Waals surface area contributed by atoms with Crippen molar-refractivity contribution in [2.45, 2.75) is 38.6 Å². The lowest BCUT2D eigenvalue weighted by Crippen LogP contribution is -2.34. The third kappa shape index (κ3) is 2.29. The zero-order valence-electron chi connectivity index (χ0n) is 9.37. The first-order chi connectivity index (χ1) is 7.70. The highest BCUT2D eigenvalue weighted by Gasteiger charge is 2.21. The molecule has 1 aliphatic heterocycles. The van der Waals surface area contributed by atoms with Crippen molar-refractivity contribution in [2.75, 3.05) is 11.4 Å². The molecule has 1 fully saturated rings. The normalized spacial score (nSPS) is 21.9. The van der Waals surface area contributed by atoms with Gasteiger partial charge in [-0.15, -0.1) is 0 Å². The number of nitrogens with zero attached hydrogens (tertiary/aromatic N) is 2. The lowest BCUT2D eigenvalue weighted by atomic mass is 10.1. The summed E-state index contributed by atoms with van der Waals surface area (Å²) in [6.45, 7) is 3.18. The number of aromatic nitrogens is 2. The molecule has 1 aromatic heterocycles. The average Bonchev–Trinajstić information content (AvgIpc) is 2.47. The molecular weight excluding hydrogens is 270 g/mol. The summed E-state index contributed by atoms with van der Waals surface area (Å²) in [5.74, 6) is 0.776. The van der Waals surface area contributed by atoms with E-state index in [1.54, 1.807) is 0 Å². The topological polar surface area (TPSA) is 49.0 Å². The lowest BCUT2D eigenvalue weighted by molar-refractivity contribution is 0.609. The molecule has 4 nitrogen and oxygen atoms in total. The minimum absolute atomic E-state index is 0.110. The van der Waals surface area contributed by atoms with Crippen LogP contribution in [0, 0.1) is 0 Å². The Labute approximate surface area is 103 Å². The number of hydrogen-bond acceptors (Lipinski definition) is 3. The van der Waals surface area contributed by atoms with Crippen molar-refractivity contribution in [3.05, 3.63) is 21.2 Å². The SMILES string of the molecule is CC1CCCCCN1c1nc[nH]c(=O)c1Br. The molecule has 0 amide bonds. The number of H-pyrrole nitrogens is 1. The molecule has 5 heteroatoms. The minimum atomic E-state index is -0.110. The van der Waals surface area contributed by atoms with E-state index >= 15 is 0 Å². The van der Waals surface area contributed by atoms with E-state index in [9.17, 15) is 4.79 Å². The molecule has 16 heavy (non-hydrogen) atoms. The zero-order chi connectivity index (χ0) is 11.5. The van der Waals surface area contributed by atoms with Crippen LogP contribution >= 0.6 is 15.9 Å². The predicted molar refractivity (Wildman–Crippen MR) is 67.8 cm³/mol. The average molecular weight is 286 g/mol. The molecule has 0 spiro atoms. The Balaban J connectivity index is 2.34. The molecule has 0 radical (unpaired) electrons. The van der Waals surface area contributed by atoms with Gasteiger partial charge in [0.2, 0.25) is 0 Å². The number of aromatic amines is 1. The van der Waals surface area contributed by atoms with E-state index in [0.29, 0.717) is 10.5 Å². The van der Waals surface area contributed by atoms with E-state index in [2.05, 4.69) is 37.7 Å². The summed E-state index contributed by atoms with van der Waals surface area (Å²) in [7, 11) is 0. The highest BCUT2D eigenvalue weighted by atomic mass is 79.9. The molecule has 1 aromatic rings.